The second kappa shape index (κ2) is 9.72. The van der Waals surface area contributed by atoms with Crippen molar-refractivity contribution in [2.24, 2.45) is 0 Å². The zero-order valence-corrected chi connectivity index (χ0v) is 16.5. The minimum atomic E-state index is 0. The van der Waals surface area contributed by atoms with Crippen LogP contribution in [0.25, 0.3) is 0 Å². The fourth-order valence-corrected chi connectivity index (χ4v) is 4.13. The molecule has 2 fully saturated rings. The first-order valence-electron chi connectivity index (χ1n) is 9.34. The maximum absolute atomic E-state index is 5.14. The van der Waals surface area contributed by atoms with Gasteiger partial charge in [0.1, 0.15) is 5.82 Å². The van der Waals surface area contributed by atoms with E-state index < -0.39 is 0 Å². The van der Waals surface area contributed by atoms with Gasteiger partial charge in [0.25, 0.3) is 0 Å². The lowest BCUT2D eigenvalue weighted by Gasteiger charge is -2.50. The van der Waals surface area contributed by atoms with Crippen molar-refractivity contribution in [3.05, 3.63) is 23.9 Å². The van der Waals surface area contributed by atoms with Gasteiger partial charge in [0.05, 0.1) is 6.61 Å². The van der Waals surface area contributed by atoms with Crippen LogP contribution in [0, 0.1) is 0 Å². The Kier molecular flexibility index (Phi) is 7.94. The molecule has 0 atom stereocenters. The van der Waals surface area contributed by atoms with Gasteiger partial charge < -0.3 is 15.0 Å². The molecule has 0 amide bonds. The predicted molar refractivity (Wildman–Crippen MR) is 106 cm³/mol. The van der Waals surface area contributed by atoms with Crippen LogP contribution in [0.4, 0.5) is 5.82 Å². The van der Waals surface area contributed by atoms with Crippen LogP contribution >= 0.6 is 12.4 Å². The Labute approximate surface area is 158 Å². The number of anilines is 1. The van der Waals surface area contributed by atoms with E-state index in [1.807, 2.05) is 0 Å². The van der Waals surface area contributed by atoms with Crippen molar-refractivity contribution < 1.29 is 4.74 Å². The smallest absolute Gasteiger partial charge is 0.128 e. The number of hydrogen-bond donors (Lipinski definition) is 1. The maximum atomic E-state index is 5.14. The third-order valence-corrected chi connectivity index (χ3v) is 5.67. The highest BCUT2D eigenvalue weighted by Gasteiger charge is 2.39. The van der Waals surface area contributed by atoms with Gasteiger partial charge in [-0.05, 0) is 24.5 Å². The van der Waals surface area contributed by atoms with E-state index in [0.29, 0.717) is 5.54 Å². The van der Waals surface area contributed by atoms with Crippen molar-refractivity contribution in [2.75, 3.05) is 51.8 Å². The van der Waals surface area contributed by atoms with E-state index in [1.165, 1.54) is 37.7 Å². The molecule has 1 N–H and O–H groups in total. The summed E-state index contributed by atoms with van der Waals surface area (Å²) in [5.41, 5.74) is 1.70. The molecule has 1 aliphatic heterocycles. The van der Waals surface area contributed by atoms with Gasteiger partial charge in [-0.3, -0.25) is 4.90 Å². The van der Waals surface area contributed by atoms with E-state index in [0.717, 1.165) is 45.1 Å². The van der Waals surface area contributed by atoms with E-state index in [1.54, 1.807) is 7.11 Å². The van der Waals surface area contributed by atoms with Gasteiger partial charge in [0.15, 0.2) is 0 Å². The Morgan fingerprint density at radius 1 is 1.28 bits per heavy atom. The average Bonchev–Trinajstić information content (AvgIpc) is 2.63. The second-order valence-corrected chi connectivity index (χ2v) is 7.32. The molecule has 6 heteroatoms. The Morgan fingerprint density at radius 2 is 2.08 bits per heavy atom. The number of hydrogen-bond acceptors (Lipinski definition) is 5. The van der Waals surface area contributed by atoms with E-state index in [2.05, 4.69) is 45.5 Å². The molecule has 2 aliphatic rings. The molecule has 1 saturated heterocycles. The van der Waals surface area contributed by atoms with E-state index in [9.17, 15) is 0 Å². The van der Waals surface area contributed by atoms with Crippen LogP contribution in [0.2, 0.25) is 0 Å². The summed E-state index contributed by atoms with van der Waals surface area (Å²) >= 11 is 0. The summed E-state index contributed by atoms with van der Waals surface area (Å²) in [6.07, 6.45) is 8.88. The first-order valence-corrected chi connectivity index (χ1v) is 9.34. The Bertz CT molecular complexity index is 496. The van der Waals surface area contributed by atoms with Crippen molar-refractivity contribution >= 4 is 18.2 Å². The summed E-state index contributed by atoms with van der Waals surface area (Å²) in [6, 6.07) is 4.38. The third kappa shape index (κ3) is 5.07. The van der Waals surface area contributed by atoms with E-state index in [-0.39, 0.29) is 12.4 Å². The van der Waals surface area contributed by atoms with Crippen molar-refractivity contribution in [3.63, 3.8) is 0 Å². The second-order valence-electron chi connectivity index (χ2n) is 7.32. The fraction of sp³-hybridized carbons (Fsp3) is 0.737. The molecule has 1 aliphatic carbocycles. The van der Waals surface area contributed by atoms with Crippen LogP contribution in [0.15, 0.2) is 18.3 Å². The highest BCUT2D eigenvalue weighted by molar-refractivity contribution is 5.85. The molecule has 2 heterocycles. The normalized spacial score (nSPS) is 20.2. The SMILES string of the molecule is COCCN(C)c1ccc(CN2CCNCC23CCCCC3)cn1.Cl. The number of likely N-dealkylation sites (N-methyl/N-ethyl adjacent to an activating group) is 1. The van der Waals surface area contributed by atoms with Crippen LogP contribution in [0.3, 0.4) is 0 Å². The highest BCUT2D eigenvalue weighted by Crippen LogP contribution is 2.35. The van der Waals surface area contributed by atoms with E-state index >= 15 is 0 Å². The maximum Gasteiger partial charge on any atom is 0.128 e. The summed E-state index contributed by atoms with van der Waals surface area (Å²) in [6.45, 7) is 6.02. The molecule has 25 heavy (non-hydrogen) atoms. The van der Waals surface area contributed by atoms with Gasteiger partial charge in [-0.25, -0.2) is 4.98 Å². The van der Waals surface area contributed by atoms with Gasteiger partial charge in [-0.15, -0.1) is 12.4 Å². The lowest BCUT2D eigenvalue weighted by molar-refractivity contribution is 0.0208. The van der Waals surface area contributed by atoms with Gasteiger partial charge >= 0.3 is 0 Å². The largest absolute Gasteiger partial charge is 0.383 e. The minimum Gasteiger partial charge on any atom is -0.383 e. The molecule has 1 saturated carbocycles. The molecular formula is C19H33ClN4O. The van der Waals surface area contributed by atoms with Gasteiger partial charge in [-0.1, -0.05) is 25.3 Å². The summed E-state index contributed by atoms with van der Waals surface area (Å²) < 4.78 is 5.14. The summed E-state index contributed by atoms with van der Waals surface area (Å²) in [7, 11) is 3.80. The Morgan fingerprint density at radius 3 is 2.76 bits per heavy atom. The average molecular weight is 369 g/mol. The molecule has 0 radical (unpaired) electrons. The summed E-state index contributed by atoms with van der Waals surface area (Å²) in [4.78, 5) is 9.51. The lowest BCUT2D eigenvalue weighted by atomic mass is 9.79. The highest BCUT2D eigenvalue weighted by atomic mass is 35.5. The first kappa shape index (κ1) is 20.4. The number of methoxy groups -OCH3 is 1. The number of ether oxygens (including phenoxy) is 1. The third-order valence-electron chi connectivity index (χ3n) is 5.67. The molecule has 1 aromatic heterocycles. The fourth-order valence-electron chi connectivity index (χ4n) is 4.13. The zero-order chi connectivity index (χ0) is 16.8. The number of pyridine rings is 1. The topological polar surface area (TPSA) is 40.6 Å². The number of nitrogens with one attached hydrogen (secondary N) is 1. The Hall–Kier alpha value is -0.880. The quantitative estimate of drug-likeness (QED) is 0.836. The van der Waals surface area contributed by atoms with Gasteiger partial charge in [0, 0.05) is 58.6 Å². The molecule has 142 valence electrons. The summed E-state index contributed by atoms with van der Waals surface area (Å²) in [5, 5.41) is 3.63. The van der Waals surface area contributed by atoms with Crippen LogP contribution in [0.1, 0.15) is 37.7 Å². The van der Waals surface area contributed by atoms with Crippen LogP contribution < -0.4 is 10.2 Å². The van der Waals surface area contributed by atoms with Gasteiger partial charge in [-0.2, -0.15) is 0 Å². The molecule has 5 nitrogen and oxygen atoms in total. The van der Waals surface area contributed by atoms with Crippen molar-refractivity contribution in [1.29, 1.82) is 0 Å². The minimum absolute atomic E-state index is 0. The van der Waals surface area contributed by atoms with Crippen molar-refractivity contribution in [3.8, 4) is 0 Å². The molecule has 0 aromatic carbocycles. The monoisotopic (exact) mass is 368 g/mol. The molecule has 0 bridgehead atoms. The lowest BCUT2D eigenvalue weighted by Crippen LogP contribution is -2.61. The molecule has 1 spiro atoms. The molecule has 3 rings (SSSR count). The van der Waals surface area contributed by atoms with E-state index in [4.69, 9.17) is 4.74 Å². The zero-order valence-electron chi connectivity index (χ0n) is 15.7. The van der Waals surface area contributed by atoms with Crippen LogP contribution in [0.5, 0.6) is 0 Å². The van der Waals surface area contributed by atoms with Crippen molar-refractivity contribution in [1.82, 2.24) is 15.2 Å². The first-order chi connectivity index (χ1) is 11.7. The van der Waals surface area contributed by atoms with Crippen LogP contribution in [-0.2, 0) is 11.3 Å². The molecular weight excluding hydrogens is 336 g/mol. The predicted octanol–water partition coefficient (Wildman–Crippen LogP) is 2.69. The van der Waals surface area contributed by atoms with Crippen LogP contribution in [-0.4, -0.2) is 62.4 Å². The number of halogens is 1. The number of rotatable bonds is 6. The standard InChI is InChI=1S/C19H32N4O.ClH/c1-22(12-13-24-2)18-7-6-17(14-21-18)15-23-11-10-20-16-19(23)8-4-3-5-9-19;/h6-7,14,20H,3-5,8-13,15-16H2,1-2H3;1H. The van der Waals surface area contributed by atoms with Gasteiger partial charge in [0.2, 0.25) is 0 Å². The number of piperazine rings is 1. The number of nitrogens with zero attached hydrogens (tertiary/aromatic N) is 3. The molecule has 0 unspecified atom stereocenters. The number of aromatic nitrogens is 1. The van der Waals surface area contributed by atoms with Crippen molar-refractivity contribution in [2.45, 2.75) is 44.2 Å². The molecule has 1 aromatic rings. The Balaban J connectivity index is 0.00000225. The summed E-state index contributed by atoms with van der Waals surface area (Å²) in [5.74, 6) is 1.02.